The molecule has 1 amide bonds. The molecule has 2 N–H and O–H groups in total. The first-order valence-corrected chi connectivity index (χ1v) is 8.64. The second kappa shape index (κ2) is 9.60. The molecule has 0 aliphatic heterocycles. The van der Waals surface area contributed by atoms with Crippen molar-refractivity contribution in [2.75, 3.05) is 44.5 Å². The van der Waals surface area contributed by atoms with E-state index in [1.54, 1.807) is 7.11 Å². The van der Waals surface area contributed by atoms with Crippen LogP contribution in [0.25, 0.3) is 0 Å². The Bertz CT molecular complexity index is 716. The summed E-state index contributed by atoms with van der Waals surface area (Å²) >= 11 is 0. The van der Waals surface area contributed by atoms with E-state index in [1.165, 1.54) is 0 Å². The fraction of sp³-hybridized carbons (Fsp3) is 0.421. The monoisotopic (exact) mass is 357 g/mol. The zero-order chi connectivity index (χ0) is 18.9. The van der Waals surface area contributed by atoms with E-state index in [2.05, 4.69) is 20.6 Å². The number of nitrogens with one attached hydrogen (secondary N) is 2. The first-order valence-electron chi connectivity index (χ1n) is 8.64. The lowest BCUT2D eigenvalue weighted by Crippen LogP contribution is -2.29. The Kier molecular flexibility index (Phi) is 7.20. The molecule has 0 saturated carbocycles. The first kappa shape index (κ1) is 19.5. The number of amides is 1. The summed E-state index contributed by atoms with van der Waals surface area (Å²) < 4.78 is 5.13. The molecule has 0 bridgehead atoms. The average Bonchev–Trinajstić information content (AvgIpc) is 2.63. The smallest absolute Gasteiger partial charge is 0.220 e. The summed E-state index contributed by atoms with van der Waals surface area (Å²) in [6.07, 6.45) is 1.17. The van der Waals surface area contributed by atoms with Crippen LogP contribution in [-0.2, 0) is 11.2 Å². The van der Waals surface area contributed by atoms with E-state index in [1.807, 2.05) is 56.3 Å². The standard InChI is InChI=1S/C19H27N5O2/c1-14-22-17(13-18(23-14)24(2)3)20-11-12-21-19(25)10-7-15-5-8-16(26-4)9-6-15/h5-6,8-9,13H,7,10-12H2,1-4H3,(H,21,25)(H,20,22,23). The molecule has 0 spiro atoms. The van der Waals surface area contributed by atoms with Gasteiger partial charge in [-0.25, -0.2) is 9.97 Å². The van der Waals surface area contributed by atoms with Crippen molar-refractivity contribution in [2.24, 2.45) is 0 Å². The molecule has 1 aromatic heterocycles. The van der Waals surface area contributed by atoms with Crippen LogP contribution in [0.15, 0.2) is 30.3 Å². The zero-order valence-corrected chi connectivity index (χ0v) is 15.9. The summed E-state index contributed by atoms with van der Waals surface area (Å²) in [7, 11) is 5.52. The summed E-state index contributed by atoms with van der Waals surface area (Å²) in [5.74, 6) is 3.18. The van der Waals surface area contributed by atoms with Gasteiger partial charge >= 0.3 is 0 Å². The van der Waals surface area contributed by atoms with Gasteiger partial charge in [-0.2, -0.15) is 0 Å². The third-order valence-corrected chi connectivity index (χ3v) is 3.84. The molecule has 2 rings (SSSR count). The molecular weight excluding hydrogens is 330 g/mol. The van der Waals surface area contributed by atoms with Gasteiger partial charge in [-0.1, -0.05) is 12.1 Å². The van der Waals surface area contributed by atoms with Gasteiger partial charge in [-0.05, 0) is 31.0 Å². The molecule has 0 radical (unpaired) electrons. The molecule has 0 atom stereocenters. The van der Waals surface area contributed by atoms with Crippen molar-refractivity contribution in [1.29, 1.82) is 0 Å². The SMILES string of the molecule is COc1ccc(CCC(=O)NCCNc2cc(N(C)C)nc(C)n2)cc1. The predicted molar refractivity (Wildman–Crippen MR) is 104 cm³/mol. The van der Waals surface area contributed by atoms with Crippen LogP contribution in [0.4, 0.5) is 11.6 Å². The highest BCUT2D eigenvalue weighted by Crippen LogP contribution is 2.13. The minimum atomic E-state index is 0.0375. The van der Waals surface area contributed by atoms with E-state index >= 15 is 0 Å². The van der Waals surface area contributed by atoms with Crippen molar-refractivity contribution >= 4 is 17.5 Å². The van der Waals surface area contributed by atoms with Gasteiger partial charge in [0.1, 0.15) is 23.2 Å². The highest BCUT2D eigenvalue weighted by atomic mass is 16.5. The van der Waals surface area contributed by atoms with E-state index in [9.17, 15) is 4.79 Å². The van der Waals surface area contributed by atoms with Crippen LogP contribution in [0.1, 0.15) is 17.8 Å². The molecule has 7 heteroatoms. The van der Waals surface area contributed by atoms with E-state index in [0.29, 0.717) is 31.8 Å². The number of hydrogen-bond donors (Lipinski definition) is 2. The lowest BCUT2D eigenvalue weighted by atomic mass is 10.1. The van der Waals surface area contributed by atoms with Crippen molar-refractivity contribution in [1.82, 2.24) is 15.3 Å². The number of aromatic nitrogens is 2. The molecule has 0 aliphatic carbocycles. The second-order valence-corrected chi connectivity index (χ2v) is 6.18. The topological polar surface area (TPSA) is 79.4 Å². The van der Waals surface area contributed by atoms with Crippen LogP contribution in [0.3, 0.4) is 0 Å². The second-order valence-electron chi connectivity index (χ2n) is 6.18. The summed E-state index contributed by atoms with van der Waals surface area (Å²) in [5, 5.41) is 6.13. The van der Waals surface area contributed by atoms with Gasteiger partial charge in [0.15, 0.2) is 0 Å². The largest absolute Gasteiger partial charge is 0.497 e. The number of ether oxygens (including phenoxy) is 1. The Morgan fingerprint density at radius 2 is 1.88 bits per heavy atom. The molecule has 1 heterocycles. The van der Waals surface area contributed by atoms with Crippen LogP contribution >= 0.6 is 0 Å². The van der Waals surface area contributed by atoms with Crippen molar-refractivity contribution in [2.45, 2.75) is 19.8 Å². The molecule has 0 saturated heterocycles. The maximum Gasteiger partial charge on any atom is 0.220 e. The van der Waals surface area contributed by atoms with Crippen molar-refractivity contribution < 1.29 is 9.53 Å². The van der Waals surface area contributed by atoms with Crippen molar-refractivity contribution in [3.8, 4) is 5.75 Å². The molecule has 0 aliphatic rings. The number of hydrogen-bond acceptors (Lipinski definition) is 6. The van der Waals surface area contributed by atoms with Gasteiger partial charge in [0.05, 0.1) is 7.11 Å². The van der Waals surface area contributed by atoms with Crippen molar-refractivity contribution in [3.05, 3.63) is 41.7 Å². The van der Waals surface area contributed by atoms with Crippen molar-refractivity contribution in [3.63, 3.8) is 0 Å². The van der Waals surface area contributed by atoms with Crippen LogP contribution in [-0.4, -0.2) is 50.2 Å². The Morgan fingerprint density at radius 3 is 2.54 bits per heavy atom. The number of carbonyl (C=O) groups is 1. The fourth-order valence-electron chi connectivity index (χ4n) is 2.40. The Balaban J connectivity index is 1.69. The fourth-order valence-corrected chi connectivity index (χ4v) is 2.40. The van der Waals surface area contributed by atoms with Crippen LogP contribution in [0.5, 0.6) is 5.75 Å². The number of benzene rings is 1. The lowest BCUT2D eigenvalue weighted by molar-refractivity contribution is -0.120. The number of aryl methyl sites for hydroxylation is 2. The molecular formula is C19H27N5O2. The summed E-state index contributed by atoms with van der Waals surface area (Å²) in [5.41, 5.74) is 1.12. The van der Waals surface area contributed by atoms with E-state index < -0.39 is 0 Å². The lowest BCUT2D eigenvalue weighted by Gasteiger charge is -2.14. The molecule has 0 unspecified atom stereocenters. The van der Waals surface area contributed by atoms with Gasteiger partial charge in [-0.15, -0.1) is 0 Å². The molecule has 1 aromatic carbocycles. The third kappa shape index (κ3) is 6.23. The average molecular weight is 357 g/mol. The first-order chi connectivity index (χ1) is 12.5. The van der Waals surface area contributed by atoms with Gasteiger partial charge in [0, 0.05) is 39.7 Å². The normalized spacial score (nSPS) is 10.3. The van der Waals surface area contributed by atoms with Gasteiger partial charge < -0.3 is 20.3 Å². The highest BCUT2D eigenvalue weighted by molar-refractivity contribution is 5.76. The summed E-state index contributed by atoms with van der Waals surface area (Å²) in [4.78, 5) is 22.6. The molecule has 140 valence electrons. The Morgan fingerprint density at radius 1 is 1.15 bits per heavy atom. The van der Waals surface area contributed by atoms with Crippen LogP contribution in [0, 0.1) is 6.92 Å². The number of anilines is 2. The van der Waals surface area contributed by atoms with E-state index in [0.717, 1.165) is 22.9 Å². The summed E-state index contributed by atoms with van der Waals surface area (Å²) in [6, 6.07) is 9.66. The quantitative estimate of drug-likeness (QED) is 0.669. The zero-order valence-electron chi connectivity index (χ0n) is 15.9. The number of nitrogens with zero attached hydrogens (tertiary/aromatic N) is 3. The van der Waals surface area contributed by atoms with Crippen LogP contribution < -0.4 is 20.3 Å². The minimum Gasteiger partial charge on any atom is -0.497 e. The maximum absolute atomic E-state index is 12.0. The third-order valence-electron chi connectivity index (χ3n) is 3.84. The van der Waals surface area contributed by atoms with Gasteiger partial charge in [0.25, 0.3) is 0 Å². The molecule has 7 nitrogen and oxygen atoms in total. The van der Waals surface area contributed by atoms with Gasteiger partial charge in [0.2, 0.25) is 5.91 Å². The number of carbonyl (C=O) groups excluding carboxylic acids is 1. The van der Waals surface area contributed by atoms with Crippen LogP contribution in [0.2, 0.25) is 0 Å². The number of rotatable bonds is 9. The molecule has 26 heavy (non-hydrogen) atoms. The summed E-state index contributed by atoms with van der Waals surface area (Å²) in [6.45, 7) is 3.01. The molecule has 2 aromatic rings. The maximum atomic E-state index is 12.0. The Labute approximate surface area is 154 Å². The minimum absolute atomic E-state index is 0.0375. The highest BCUT2D eigenvalue weighted by Gasteiger charge is 2.05. The Hall–Kier alpha value is -2.83. The number of methoxy groups -OCH3 is 1. The van der Waals surface area contributed by atoms with E-state index in [-0.39, 0.29) is 5.91 Å². The van der Waals surface area contributed by atoms with E-state index in [4.69, 9.17) is 4.74 Å². The molecule has 0 fully saturated rings. The predicted octanol–water partition coefficient (Wildman–Crippen LogP) is 2.02. The van der Waals surface area contributed by atoms with Gasteiger partial charge in [-0.3, -0.25) is 4.79 Å².